The van der Waals surface area contributed by atoms with Gasteiger partial charge in [-0.25, -0.2) is 4.79 Å². The van der Waals surface area contributed by atoms with Gasteiger partial charge < -0.3 is 10.2 Å². The number of anilines is 1. The molecule has 1 aromatic rings. The van der Waals surface area contributed by atoms with E-state index in [1.807, 2.05) is 23.1 Å². The van der Waals surface area contributed by atoms with Gasteiger partial charge in [0.15, 0.2) is 0 Å². The van der Waals surface area contributed by atoms with Gasteiger partial charge in [0, 0.05) is 28.7 Å². The molecule has 1 aromatic carbocycles. The number of carbonyl (C=O) groups excluding carboxylic acids is 1. The lowest BCUT2D eigenvalue weighted by molar-refractivity contribution is 0.200. The second kappa shape index (κ2) is 3.77. The molecule has 3 rings (SSSR count). The van der Waals surface area contributed by atoms with Crippen LogP contribution >= 0.6 is 11.6 Å². The molecule has 0 radical (unpaired) electrons. The van der Waals surface area contributed by atoms with Crippen LogP contribution in [0, 0.1) is 5.92 Å². The molecule has 1 N–H and O–H groups in total. The second-order valence-electron chi connectivity index (χ2n) is 4.49. The van der Waals surface area contributed by atoms with E-state index in [4.69, 9.17) is 11.6 Å². The Hall–Kier alpha value is -1.48. The molecule has 0 saturated carbocycles. The quantitative estimate of drug-likeness (QED) is 0.759. The zero-order chi connectivity index (χ0) is 12.0. The lowest BCUT2D eigenvalue weighted by Gasteiger charge is -2.34. The van der Waals surface area contributed by atoms with Crippen LogP contribution in [0.3, 0.4) is 0 Å². The molecule has 1 saturated heterocycles. The third-order valence-electron chi connectivity index (χ3n) is 3.58. The van der Waals surface area contributed by atoms with E-state index in [2.05, 4.69) is 11.9 Å². The first-order valence-electron chi connectivity index (χ1n) is 5.70. The summed E-state index contributed by atoms with van der Waals surface area (Å²) in [6.45, 7) is 4.64. The molecule has 0 bridgehead atoms. The van der Waals surface area contributed by atoms with Crippen molar-refractivity contribution < 1.29 is 4.79 Å². The molecule has 2 atom stereocenters. The predicted octanol–water partition coefficient (Wildman–Crippen LogP) is 3.43. The number of halogens is 1. The van der Waals surface area contributed by atoms with Gasteiger partial charge in [-0.1, -0.05) is 17.7 Å². The number of benzene rings is 1. The van der Waals surface area contributed by atoms with Crippen LogP contribution in [0.4, 0.5) is 10.5 Å². The van der Waals surface area contributed by atoms with Crippen molar-refractivity contribution in [1.29, 1.82) is 0 Å². The number of nitrogens with one attached hydrogen (secondary N) is 1. The zero-order valence-electron chi connectivity index (χ0n) is 9.32. The third-order valence-corrected chi connectivity index (χ3v) is 3.82. The van der Waals surface area contributed by atoms with Crippen molar-refractivity contribution in [3.63, 3.8) is 0 Å². The monoisotopic (exact) mass is 248 g/mol. The van der Waals surface area contributed by atoms with Gasteiger partial charge in [-0.3, -0.25) is 0 Å². The van der Waals surface area contributed by atoms with E-state index < -0.39 is 0 Å². The molecule has 0 spiro atoms. The van der Waals surface area contributed by atoms with E-state index >= 15 is 0 Å². The lowest BCUT2D eigenvalue weighted by atomic mass is 9.91. The Labute approximate surface area is 105 Å². The van der Waals surface area contributed by atoms with E-state index in [0.717, 1.165) is 24.2 Å². The second-order valence-corrected chi connectivity index (χ2v) is 4.92. The number of hydrogen-bond acceptors (Lipinski definition) is 1. The maximum Gasteiger partial charge on any atom is 0.322 e. The molecule has 3 nitrogen and oxygen atoms in total. The summed E-state index contributed by atoms with van der Waals surface area (Å²) in [5, 5.41) is 3.60. The van der Waals surface area contributed by atoms with Crippen molar-refractivity contribution in [2.75, 3.05) is 11.9 Å². The van der Waals surface area contributed by atoms with Crippen LogP contribution < -0.4 is 5.32 Å². The van der Waals surface area contributed by atoms with Crippen LogP contribution in [0.25, 0.3) is 0 Å². The first kappa shape index (κ1) is 10.7. The normalized spacial score (nSPS) is 26.2. The van der Waals surface area contributed by atoms with Gasteiger partial charge in [0.25, 0.3) is 0 Å². The summed E-state index contributed by atoms with van der Waals surface area (Å²) >= 11 is 6.04. The Balaban J connectivity index is 2.13. The number of amides is 2. The highest BCUT2D eigenvalue weighted by atomic mass is 35.5. The summed E-state index contributed by atoms with van der Waals surface area (Å²) in [6, 6.07) is 5.68. The maximum absolute atomic E-state index is 11.9. The van der Waals surface area contributed by atoms with Gasteiger partial charge in [-0.15, -0.1) is 6.58 Å². The molecule has 1 fully saturated rings. The maximum atomic E-state index is 11.9. The van der Waals surface area contributed by atoms with E-state index in [1.165, 1.54) is 0 Å². The van der Waals surface area contributed by atoms with Gasteiger partial charge in [0.1, 0.15) is 0 Å². The van der Waals surface area contributed by atoms with E-state index in [-0.39, 0.29) is 12.1 Å². The average molecular weight is 249 g/mol. The van der Waals surface area contributed by atoms with E-state index in [9.17, 15) is 4.79 Å². The van der Waals surface area contributed by atoms with Crippen LogP contribution in [0.15, 0.2) is 30.9 Å². The Kier molecular flexibility index (Phi) is 2.37. The summed E-state index contributed by atoms with van der Waals surface area (Å²) in [4.78, 5) is 13.8. The molecule has 17 heavy (non-hydrogen) atoms. The molecule has 2 aliphatic rings. The number of urea groups is 1. The summed E-state index contributed by atoms with van der Waals surface area (Å²) < 4.78 is 0. The molecule has 2 amide bonds. The average Bonchev–Trinajstić information content (AvgIpc) is 2.75. The molecule has 2 aliphatic heterocycles. The van der Waals surface area contributed by atoms with Gasteiger partial charge in [-0.2, -0.15) is 0 Å². The van der Waals surface area contributed by atoms with Gasteiger partial charge >= 0.3 is 6.03 Å². The standard InChI is InChI=1S/C13H13ClN2O/c1-2-8-5-6-16-12(8)10-7-9(14)3-4-11(10)15-13(16)17/h2-4,7-8,12H,1,5-6H2,(H,15,17)/t8-,12-/m1/s1. The highest BCUT2D eigenvalue weighted by Gasteiger charge is 2.40. The lowest BCUT2D eigenvalue weighted by Crippen LogP contribution is -2.39. The molecule has 0 unspecified atom stereocenters. The van der Waals surface area contributed by atoms with Gasteiger partial charge in [0.2, 0.25) is 0 Å². The number of rotatable bonds is 1. The summed E-state index contributed by atoms with van der Waals surface area (Å²) in [6.07, 6.45) is 2.90. The SMILES string of the molecule is C=C[C@@H]1CCN2C(=O)Nc3ccc(Cl)cc3[C@@H]12. The fourth-order valence-electron chi connectivity index (χ4n) is 2.77. The number of hydrogen-bond donors (Lipinski definition) is 1. The van der Waals surface area contributed by atoms with E-state index in [0.29, 0.717) is 10.9 Å². The number of fused-ring (bicyclic) bond motifs is 3. The fourth-order valence-corrected chi connectivity index (χ4v) is 2.95. The Morgan fingerprint density at radius 3 is 3.12 bits per heavy atom. The smallest absolute Gasteiger partial charge is 0.317 e. The van der Waals surface area contributed by atoms with Crippen molar-refractivity contribution in [2.24, 2.45) is 5.92 Å². The van der Waals surface area contributed by atoms with Crippen molar-refractivity contribution in [3.8, 4) is 0 Å². The number of nitrogens with zero attached hydrogens (tertiary/aromatic N) is 1. The van der Waals surface area contributed by atoms with Crippen molar-refractivity contribution in [3.05, 3.63) is 41.4 Å². The molecule has 0 aliphatic carbocycles. The van der Waals surface area contributed by atoms with Crippen molar-refractivity contribution in [2.45, 2.75) is 12.5 Å². The molecular weight excluding hydrogens is 236 g/mol. The van der Waals surface area contributed by atoms with Crippen molar-refractivity contribution >= 4 is 23.3 Å². The summed E-state index contributed by atoms with van der Waals surface area (Å²) in [5.41, 5.74) is 1.97. The molecule has 0 aromatic heterocycles. The largest absolute Gasteiger partial charge is 0.322 e. The predicted molar refractivity (Wildman–Crippen MR) is 68.2 cm³/mol. The molecule has 88 valence electrons. The first-order valence-corrected chi connectivity index (χ1v) is 6.08. The fraction of sp³-hybridized carbons (Fsp3) is 0.308. The van der Waals surface area contributed by atoms with Crippen LogP contribution in [0.2, 0.25) is 5.02 Å². The summed E-state index contributed by atoms with van der Waals surface area (Å²) in [5.74, 6) is 0.318. The van der Waals surface area contributed by atoms with Crippen LogP contribution in [0.5, 0.6) is 0 Å². The van der Waals surface area contributed by atoms with Crippen LogP contribution in [0.1, 0.15) is 18.0 Å². The summed E-state index contributed by atoms with van der Waals surface area (Å²) in [7, 11) is 0. The minimum atomic E-state index is -0.0193. The van der Waals surface area contributed by atoms with E-state index in [1.54, 1.807) is 6.07 Å². The van der Waals surface area contributed by atoms with Gasteiger partial charge in [0.05, 0.1) is 6.04 Å². The van der Waals surface area contributed by atoms with Crippen LogP contribution in [-0.4, -0.2) is 17.5 Å². The van der Waals surface area contributed by atoms with Gasteiger partial charge in [-0.05, 0) is 24.6 Å². The van der Waals surface area contributed by atoms with Crippen molar-refractivity contribution in [1.82, 2.24) is 4.90 Å². The highest BCUT2D eigenvalue weighted by Crippen LogP contribution is 2.44. The molecule has 4 heteroatoms. The molecular formula is C13H13ClN2O. The topological polar surface area (TPSA) is 32.3 Å². The zero-order valence-corrected chi connectivity index (χ0v) is 10.1. The Morgan fingerprint density at radius 1 is 1.53 bits per heavy atom. The minimum absolute atomic E-state index is 0.0193. The number of carbonyl (C=O) groups is 1. The third kappa shape index (κ3) is 1.53. The van der Waals surface area contributed by atoms with Crippen LogP contribution in [-0.2, 0) is 0 Å². The minimum Gasteiger partial charge on any atom is -0.317 e. The molecule has 2 heterocycles. The highest BCUT2D eigenvalue weighted by molar-refractivity contribution is 6.30. The Bertz CT molecular complexity index is 500. The Morgan fingerprint density at radius 2 is 2.35 bits per heavy atom. The first-order chi connectivity index (χ1) is 8.20.